The number of phenolic OH excluding ortho intramolecular Hbond substituents is 1. The molecule has 2 rings (SSSR count). The Morgan fingerprint density at radius 1 is 1.10 bits per heavy atom. The van der Waals surface area contributed by atoms with Crippen molar-refractivity contribution < 1.29 is 5.11 Å². The van der Waals surface area contributed by atoms with Gasteiger partial charge in [0.25, 0.3) is 0 Å². The summed E-state index contributed by atoms with van der Waals surface area (Å²) in [6, 6.07) is 11.9. The summed E-state index contributed by atoms with van der Waals surface area (Å²) < 4.78 is 0. The van der Waals surface area contributed by atoms with Crippen LogP contribution in [0.3, 0.4) is 0 Å². The average molecular weight is 307 g/mol. The van der Waals surface area contributed by atoms with E-state index in [4.69, 9.17) is 28.9 Å². The van der Waals surface area contributed by atoms with Crippen LogP contribution in [0.5, 0.6) is 5.75 Å². The predicted molar refractivity (Wildman–Crippen MR) is 84.9 cm³/mol. The first-order chi connectivity index (χ1) is 9.54. The Labute approximate surface area is 127 Å². The fourth-order valence-corrected chi connectivity index (χ4v) is 1.83. The van der Waals surface area contributed by atoms with Gasteiger partial charge in [-0.2, -0.15) is 0 Å². The second kappa shape index (κ2) is 6.46. The topological polar surface area (TPSA) is 58.6 Å². The van der Waals surface area contributed by atoms with Crippen LogP contribution < -0.4 is 5.73 Å². The smallest absolute Gasteiger partial charge is 0.134 e. The number of nitrogens with two attached hydrogens (primary N) is 1. The quantitative estimate of drug-likeness (QED) is 0.652. The number of amidine groups is 1. The third kappa shape index (κ3) is 4.02. The molecule has 102 valence electrons. The summed E-state index contributed by atoms with van der Waals surface area (Å²) in [5.74, 6) is 0.406. The lowest BCUT2D eigenvalue weighted by Crippen LogP contribution is -2.06. The molecule has 3 nitrogen and oxygen atoms in total. The summed E-state index contributed by atoms with van der Waals surface area (Å²) >= 11 is 11.6. The van der Waals surface area contributed by atoms with Gasteiger partial charge in [-0.3, -0.25) is 0 Å². The molecule has 20 heavy (non-hydrogen) atoms. The molecule has 0 heterocycles. The number of hydrogen-bond donors (Lipinski definition) is 2. The van der Waals surface area contributed by atoms with Crippen molar-refractivity contribution in [2.75, 3.05) is 0 Å². The highest BCUT2D eigenvalue weighted by molar-refractivity contribution is 6.32. The summed E-state index contributed by atoms with van der Waals surface area (Å²) in [4.78, 5) is 4.22. The molecule has 2 aromatic rings. The molecule has 0 fully saturated rings. The minimum atomic E-state index is 0.0478. The van der Waals surface area contributed by atoms with Gasteiger partial charge in [-0.05, 0) is 48.0 Å². The van der Waals surface area contributed by atoms with Crippen molar-refractivity contribution in [3.63, 3.8) is 0 Å². The maximum Gasteiger partial charge on any atom is 0.134 e. The molecule has 0 aromatic heterocycles. The minimum Gasteiger partial charge on any atom is -0.506 e. The first-order valence-electron chi connectivity index (χ1n) is 5.81. The Kier molecular flexibility index (Phi) is 4.66. The highest BCUT2D eigenvalue weighted by Gasteiger charge is 1.97. The van der Waals surface area contributed by atoms with Gasteiger partial charge in [0, 0.05) is 5.02 Å². The molecule has 5 heteroatoms. The molecule has 0 aliphatic carbocycles. The Bertz CT molecular complexity index is 664. The van der Waals surface area contributed by atoms with Crippen LogP contribution in [0.25, 0.3) is 6.08 Å². The van der Waals surface area contributed by atoms with Gasteiger partial charge in [-0.15, -0.1) is 0 Å². The maximum atomic E-state index is 9.32. The SMILES string of the molecule is NC(/C=C/c1ccc(O)c(Cl)c1)=Nc1ccc(Cl)cc1. The van der Waals surface area contributed by atoms with Crippen molar-refractivity contribution in [3.8, 4) is 5.75 Å². The number of halogens is 2. The fraction of sp³-hybridized carbons (Fsp3) is 0. The van der Waals surface area contributed by atoms with Gasteiger partial charge >= 0.3 is 0 Å². The van der Waals surface area contributed by atoms with Crippen LogP contribution in [0.4, 0.5) is 5.69 Å². The number of aliphatic imine (C=N–C) groups is 1. The summed E-state index contributed by atoms with van der Waals surface area (Å²) in [6.07, 6.45) is 3.43. The van der Waals surface area contributed by atoms with Crippen molar-refractivity contribution in [2.45, 2.75) is 0 Å². The molecule has 0 aliphatic rings. The normalized spacial score (nSPS) is 12.0. The first-order valence-corrected chi connectivity index (χ1v) is 6.56. The van der Waals surface area contributed by atoms with E-state index in [9.17, 15) is 5.11 Å². The molecule has 2 aromatic carbocycles. The first kappa shape index (κ1) is 14.4. The standard InChI is InChI=1S/C15H12Cl2N2O/c16-11-3-5-12(6-4-11)19-15(18)8-2-10-1-7-14(20)13(17)9-10/h1-9,20H,(H2,18,19)/b8-2+. The van der Waals surface area contributed by atoms with Crippen LogP contribution in [-0.4, -0.2) is 10.9 Å². The van der Waals surface area contributed by atoms with E-state index in [1.54, 1.807) is 48.6 Å². The molecular formula is C15H12Cl2N2O. The molecule has 0 amide bonds. The number of hydrogen-bond acceptors (Lipinski definition) is 2. The van der Waals surface area contributed by atoms with Gasteiger partial charge in [0.2, 0.25) is 0 Å². The average Bonchev–Trinajstić information content (AvgIpc) is 2.43. The fourth-order valence-electron chi connectivity index (χ4n) is 1.51. The van der Waals surface area contributed by atoms with E-state index in [0.717, 1.165) is 11.3 Å². The van der Waals surface area contributed by atoms with Gasteiger partial charge in [0.1, 0.15) is 11.6 Å². The van der Waals surface area contributed by atoms with Crippen LogP contribution in [0.1, 0.15) is 5.56 Å². The Balaban J connectivity index is 2.13. The van der Waals surface area contributed by atoms with Crippen LogP contribution in [0.15, 0.2) is 53.5 Å². The molecule has 0 radical (unpaired) electrons. The van der Waals surface area contributed by atoms with E-state index in [0.29, 0.717) is 15.9 Å². The van der Waals surface area contributed by atoms with Gasteiger partial charge in [-0.25, -0.2) is 4.99 Å². The van der Waals surface area contributed by atoms with E-state index < -0.39 is 0 Å². The molecule has 0 bridgehead atoms. The number of aromatic hydroxyl groups is 1. The lowest BCUT2D eigenvalue weighted by molar-refractivity contribution is 0.475. The van der Waals surface area contributed by atoms with E-state index in [1.165, 1.54) is 6.07 Å². The lowest BCUT2D eigenvalue weighted by atomic mass is 10.2. The molecule has 0 saturated heterocycles. The van der Waals surface area contributed by atoms with Crippen LogP contribution in [0, 0.1) is 0 Å². The Morgan fingerprint density at radius 2 is 1.80 bits per heavy atom. The second-order valence-corrected chi connectivity index (χ2v) is 4.90. The number of phenols is 1. The van der Waals surface area contributed by atoms with Crippen molar-refractivity contribution >= 4 is 40.8 Å². The van der Waals surface area contributed by atoms with Crippen molar-refractivity contribution in [3.05, 3.63) is 64.1 Å². The maximum absolute atomic E-state index is 9.32. The van der Waals surface area contributed by atoms with Crippen molar-refractivity contribution in [1.29, 1.82) is 0 Å². The highest BCUT2D eigenvalue weighted by Crippen LogP contribution is 2.24. The third-order valence-corrected chi connectivity index (χ3v) is 3.06. The van der Waals surface area contributed by atoms with E-state index >= 15 is 0 Å². The van der Waals surface area contributed by atoms with Crippen LogP contribution in [-0.2, 0) is 0 Å². The summed E-state index contributed by atoms with van der Waals surface area (Å²) in [5, 5.41) is 10.3. The highest BCUT2D eigenvalue weighted by atomic mass is 35.5. The minimum absolute atomic E-state index is 0.0478. The molecular weight excluding hydrogens is 295 g/mol. The molecule has 0 spiro atoms. The molecule has 0 aliphatic heterocycles. The van der Waals surface area contributed by atoms with Crippen molar-refractivity contribution in [1.82, 2.24) is 0 Å². The Morgan fingerprint density at radius 3 is 2.45 bits per heavy atom. The number of nitrogens with zero attached hydrogens (tertiary/aromatic N) is 1. The summed E-state index contributed by atoms with van der Waals surface area (Å²) in [7, 11) is 0. The monoisotopic (exact) mass is 306 g/mol. The molecule has 0 atom stereocenters. The van der Waals surface area contributed by atoms with Gasteiger partial charge in [0.05, 0.1) is 10.7 Å². The Hall–Kier alpha value is -1.97. The number of rotatable bonds is 3. The van der Waals surface area contributed by atoms with E-state index in [2.05, 4.69) is 4.99 Å². The lowest BCUT2D eigenvalue weighted by Gasteiger charge is -1.98. The van der Waals surface area contributed by atoms with E-state index in [1.807, 2.05) is 0 Å². The molecule has 0 saturated carbocycles. The predicted octanol–water partition coefficient (Wildman–Crippen LogP) is 4.40. The van der Waals surface area contributed by atoms with E-state index in [-0.39, 0.29) is 5.75 Å². The molecule has 3 N–H and O–H groups in total. The van der Waals surface area contributed by atoms with Crippen molar-refractivity contribution in [2.24, 2.45) is 10.7 Å². The van der Waals surface area contributed by atoms with Crippen LogP contribution >= 0.6 is 23.2 Å². The summed E-state index contributed by atoms with van der Waals surface area (Å²) in [6.45, 7) is 0. The molecule has 0 unspecified atom stereocenters. The summed E-state index contributed by atoms with van der Waals surface area (Å²) in [5.41, 5.74) is 7.35. The third-order valence-electron chi connectivity index (χ3n) is 2.50. The van der Waals surface area contributed by atoms with Gasteiger partial charge in [0.15, 0.2) is 0 Å². The van der Waals surface area contributed by atoms with Gasteiger partial charge in [-0.1, -0.05) is 35.3 Å². The zero-order valence-electron chi connectivity index (χ0n) is 10.4. The number of benzene rings is 2. The largest absolute Gasteiger partial charge is 0.506 e. The van der Waals surface area contributed by atoms with Gasteiger partial charge < -0.3 is 10.8 Å². The zero-order chi connectivity index (χ0) is 14.5. The zero-order valence-corrected chi connectivity index (χ0v) is 11.9. The van der Waals surface area contributed by atoms with Crippen LogP contribution in [0.2, 0.25) is 10.0 Å². The second-order valence-electron chi connectivity index (χ2n) is 4.06.